The molecule has 0 bridgehead atoms. The van der Waals surface area contributed by atoms with E-state index in [0.717, 1.165) is 30.5 Å². The van der Waals surface area contributed by atoms with Crippen LogP contribution in [0.2, 0.25) is 0 Å². The number of piperidine rings is 1. The van der Waals surface area contributed by atoms with Crippen LogP contribution in [0.15, 0.2) is 18.3 Å². The van der Waals surface area contributed by atoms with Gasteiger partial charge in [-0.05, 0) is 50.8 Å². The highest BCUT2D eigenvalue weighted by molar-refractivity contribution is 5.09. The van der Waals surface area contributed by atoms with Crippen LogP contribution in [-0.2, 0) is 0 Å². The van der Waals surface area contributed by atoms with E-state index in [9.17, 15) is 4.39 Å². The van der Waals surface area contributed by atoms with Crippen LogP contribution < -0.4 is 5.32 Å². The van der Waals surface area contributed by atoms with Crippen LogP contribution in [0.1, 0.15) is 45.3 Å². The summed E-state index contributed by atoms with van der Waals surface area (Å²) < 4.78 is 13.0. The molecule has 4 heteroatoms. The van der Waals surface area contributed by atoms with E-state index >= 15 is 0 Å². The Hall–Kier alpha value is -1.00. The Balaban J connectivity index is 1.94. The summed E-state index contributed by atoms with van der Waals surface area (Å²) in [6.07, 6.45) is 3.62. The fourth-order valence-electron chi connectivity index (χ4n) is 3.46. The van der Waals surface area contributed by atoms with Gasteiger partial charge in [-0.3, -0.25) is 4.98 Å². The van der Waals surface area contributed by atoms with Gasteiger partial charge in [-0.25, -0.2) is 4.39 Å². The summed E-state index contributed by atoms with van der Waals surface area (Å²) in [5.41, 5.74) is 0.921. The van der Waals surface area contributed by atoms with Crippen LogP contribution in [-0.4, -0.2) is 36.1 Å². The molecule has 0 aromatic carbocycles. The van der Waals surface area contributed by atoms with Crippen molar-refractivity contribution in [3.63, 3.8) is 0 Å². The number of halogens is 1. The van der Waals surface area contributed by atoms with Crippen LogP contribution in [0.5, 0.6) is 0 Å². The van der Waals surface area contributed by atoms with Crippen molar-refractivity contribution >= 4 is 0 Å². The van der Waals surface area contributed by atoms with Gasteiger partial charge >= 0.3 is 0 Å². The van der Waals surface area contributed by atoms with Gasteiger partial charge in [-0.1, -0.05) is 13.8 Å². The minimum atomic E-state index is -0.277. The lowest BCUT2D eigenvalue weighted by molar-refractivity contribution is 0.0759. The number of likely N-dealkylation sites (tertiary alicyclic amines) is 1. The fourth-order valence-corrected chi connectivity index (χ4v) is 3.46. The lowest BCUT2D eigenvalue weighted by atomic mass is 9.86. The monoisotopic (exact) mass is 293 g/mol. The molecule has 21 heavy (non-hydrogen) atoms. The summed E-state index contributed by atoms with van der Waals surface area (Å²) in [6.45, 7) is 9.26. The zero-order valence-electron chi connectivity index (χ0n) is 13.6. The zero-order valence-corrected chi connectivity index (χ0v) is 13.6. The van der Waals surface area contributed by atoms with Gasteiger partial charge < -0.3 is 10.2 Å². The molecule has 118 valence electrons. The molecule has 0 spiro atoms. The molecule has 2 heterocycles. The molecule has 1 saturated heterocycles. The molecule has 4 unspecified atom stereocenters. The van der Waals surface area contributed by atoms with E-state index < -0.39 is 0 Å². The van der Waals surface area contributed by atoms with Crippen molar-refractivity contribution in [2.24, 2.45) is 11.8 Å². The summed E-state index contributed by atoms with van der Waals surface area (Å²) >= 11 is 0. The number of nitrogens with zero attached hydrogens (tertiary/aromatic N) is 2. The topological polar surface area (TPSA) is 28.2 Å². The highest BCUT2D eigenvalue weighted by Gasteiger charge is 2.28. The molecule has 3 nitrogen and oxygen atoms in total. The third-order valence-corrected chi connectivity index (χ3v) is 4.88. The number of hydrogen-bond donors (Lipinski definition) is 1. The first kappa shape index (κ1) is 16.4. The summed E-state index contributed by atoms with van der Waals surface area (Å²) in [4.78, 5) is 6.80. The standard InChI is InChI=1S/C17H28FN3/c1-12-9-13(2)14(3)21(11-12)8-7-16(19-4)17-6-5-15(18)10-20-17/h5-6,10,12-14,16,19H,7-9,11H2,1-4H3. The highest BCUT2D eigenvalue weighted by atomic mass is 19.1. The van der Waals surface area contributed by atoms with Gasteiger partial charge in [-0.15, -0.1) is 0 Å². The van der Waals surface area contributed by atoms with Crippen LogP contribution in [0.4, 0.5) is 4.39 Å². The molecule has 1 aliphatic rings. The van der Waals surface area contributed by atoms with Gasteiger partial charge in [0.1, 0.15) is 5.82 Å². The summed E-state index contributed by atoms with van der Waals surface area (Å²) in [6, 6.07) is 4.09. The first-order valence-electron chi connectivity index (χ1n) is 8.04. The Bertz CT molecular complexity index is 434. The lowest BCUT2D eigenvalue weighted by Gasteiger charge is -2.41. The molecular weight excluding hydrogens is 265 g/mol. The third kappa shape index (κ3) is 4.24. The zero-order chi connectivity index (χ0) is 15.4. The second kappa shape index (κ2) is 7.32. The molecule has 0 aliphatic carbocycles. The molecule has 1 aliphatic heterocycles. The van der Waals surface area contributed by atoms with Gasteiger partial charge in [-0.2, -0.15) is 0 Å². The number of pyridine rings is 1. The largest absolute Gasteiger partial charge is 0.312 e. The van der Waals surface area contributed by atoms with E-state index in [-0.39, 0.29) is 11.9 Å². The summed E-state index contributed by atoms with van der Waals surface area (Å²) in [5.74, 6) is 1.25. The number of nitrogens with one attached hydrogen (secondary N) is 1. The fraction of sp³-hybridized carbons (Fsp3) is 0.706. The average molecular weight is 293 g/mol. The molecule has 2 rings (SSSR count). The second-order valence-corrected chi connectivity index (χ2v) is 6.58. The molecule has 1 fully saturated rings. The van der Waals surface area contributed by atoms with E-state index in [1.807, 2.05) is 7.05 Å². The van der Waals surface area contributed by atoms with Crippen molar-refractivity contribution in [3.8, 4) is 0 Å². The molecule has 0 saturated carbocycles. The Kier molecular flexibility index (Phi) is 5.71. The van der Waals surface area contributed by atoms with Crippen molar-refractivity contribution < 1.29 is 4.39 Å². The Morgan fingerprint density at radius 1 is 1.38 bits per heavy atom. The maximum absolute atomic E-state index is 13.0. The maximum Gasteiger partial charge on any atom is 0.141 e. The van der Waals surface area contributed by atoms with E-state index in [2.05, 4.69) is 36.0 Å². The van der Waals surface area contributed by atoms with Crippen molar-refractivity contribution in [1.29, 1.82) is 0 Å². The molecule has 0 amide bonds. The van der Waals surface area contributed by atoms with Gasteiger partial charge in [0.15, 0.2) is 0 Å². The van der Waals surface area contributed by atoms with Crippen molar-refractivity contribution in [1.82, 2.24) is 15.2 Å². The molecular formula is C17H28FN3. The summed E-state index contributed by atoms with van der Waals surface area (Å²) in [5, 5.41) is 3.30. The quantitative estimate of drug-likeness (QED) is 0.903. The number of aromatic nitrogens is 1. The van der Waals surface area contributed by atoms with Crippen LogP contribution in [0, 0.1) is 17.7 Å². The molecule has 0 radical (unpaired) electrons. The second-order valence-electron chi connectivity index (χ2n) is 6.58. The van der Waals surface area contributed by atoms with Crippen molar-refractivity contribution in [2.45, 2.75) is 45.7 Å². The van der Waals surface area contributed by atoms with E-state index in [4.69, 9.17) is 0 Å². The predicted octanol–water partition coefficient (Wildman–Crippen LogP) is 3.24. The van der Waals surface area contributed by atoms with E-state index in [0.29, 0.717) is 6.04 Å². The smallest absolute Gasteiger partial charge is 0.141 e. The molecule has 4 atom stereocenters. The molecule has 1 aromatic heterocycles. The van der Waals surface area contributed by atoms with Gasteiger partial charge in [0.05, 0.1) is 17.9 Å². The maximum atomic E-state index is 13.0. The highest BCUT2D eigenvalue weighted by Crippen LogP contribution is 2.27. The van der Waals surface area contributed by atoms with Crippen LogP contribution >= 0.6 is 0 Å². The van der Waals surface area contributed by atoms with Crippen molar-refractivity contribution in [2.75, 3.05) is 20.1 Å². The minimum Gasteiger partial charge on any atom is -0.312 e. The lowest BCUT2D eigenvalue weighted by Crippen LogP contribution is -2.46. The first-order chi connectivity index (χ1) is 10.0. The molecule has 1 N–H and O–H groups in total. The van der Waals surface area contributed by atoms with Crippen LogP contribution in [0.3, 0.4) is 0 Å². The Morgan fingerprint density at radius 2 is 2.14 bits per heavy atom. The van der Waals surface area contributed by atoms with Gasteiger partial charge in [0, 0.05) is 19.1 Å². The van der Waals surface area contributed by atoms with Crippen molar-refractivity contribution in [3.05, 3.63) is 29.8 Å². The van der Waals surface area contributed by atoms with E-state index in [1.54, 1.807) is 6.07 Å². The minimum absolute atomic E-state index is 0.185. The van der Waals surface area contributed by atoms with E-state index in [1.165, 1.54) is 25.2 Å². The number of hydrogen-bond acceptors (Lipinski definition) is 3. The van der Waals surface area contributed by atoms with Gasteiger partial charge in [0.2, 0.25) is 0 Å². The number of rotatable bonds is 5. The third-order valence-electron chi connectivity index (χ3n) is 4.88. The van der Waals surface area contributed by atoms with Gasteiger partial charge in [0.25, 0.3) is 0 Å². The normalized spacial score (nSPS) is 28.5. The Morgan fingerprint density at radius 3 is 2.76 bits per heavy atom. The molecule has 1 aromatic rings. The first-order valence-corrected chi connectivity index (χ1v) is 8.04. The average Bonchev–Trinajstić information content (AvgIpc) is 2.46. The van der Waals surface area contributed by atoms with Crippen LogP contribution in [0.25, 0.3) is 0 Å². The SMILES string of the molecule is CNC(CCN1CC(C)CC(C)C1C)c1ccc(F)cn1. The predicted molar refractivity (Wildman–Crippen MR) is 84.6 cm³/mol. The Labute approximate surface area is 127 Å². The summed E-state index contributed by atoms with van der Waals surface area (Å²) in [7, 11) is 1.95.